The van der Waals surface area contributed by atoms with Gasteiger partial charge < -0.3 is 5.11 Å². The zero-order valence-electron chi connectivity index (χ0n) is 7.38. The molecule has 1 saturated carbocycles. The third-order valence-corrected chi connectivity index (χ3v) is 3.63. The normalized spacial score (nSPS) is 18.7. The second-order valence-electron chi connectivity index (χ2n) is 3.38. The van der Waals surface area contributed by atoms with Crippen LogP contribution in [0, 0.1) is 0 Å². The topological polar surface area (TPSA) is 20.2 Å². The fourth-order valence-corrected chi connectivity index (χ4v) is 2.23. The fraction of sp³-hybridized carbons (Fsp3) is 0.400. The van der Waals surface area contributed by atoms with Gasteiger partial charge in [-0.1, -0.05) is 17.7 Å². The Bertz CT molecular complexity index is 334. The molecule has 0 heterocycles. The standard InChI is InChI=1S/C10H11ClOS/c1-13-9-3-2-7(6-8(9)11)10(12)4-5-10/h2-3,6,12H,4-5H2,1H3. The van der Waals surface area contributed by atoms with Crippen LogP contribution in [0.2, 0.25) is 5.02 Å². The number of rotatable bonds is 2. The number of thioether (sulfide) groups is 1. The van der Waals surface area contributed by atoms with Crippen LogP contribution in [0.3, 0.4) is 0 Å². The number of aliphatic hydroxyl groups is 1. The maximum absolute atomic E-state index is 9.82. The van der Waals surface area contributed by atoms with Gasteiger partial charge in [-0.3, -0.25) is 0 Å². The average Bonchev–Trinajstić information content (AvgIpc) is 2.85. The minimum atomic E-state index is -0.569. The highest BCUT2D eigenvalue weighted by molar-refractivity contribution is 7.98. The molecule has 1 aromatic rings. The lowest BCUT2D eigenvalue weighted by Crippen LogP contribution is -2.03. The number of halogens is 1. The summed E-state index contributed by atoms with van der Waals surface area (Å²) in [7, 11) is 0. The summed E-state index contributed by atoms with van der Waals surface area (Å²) in [6, 6.07) is 5.81. The Labute approximate surface area is 87.1 Å². The molecule has 0 atom stereocenters. The fourth-order valence-electron chi connectivity index (χ4n) is 1.36. The van der Waals surface area contributed by atoms with E-state index in [9.17, 15) is 5.11 Å². The quantitative estimate of drug-likeness (QED) is 0.764. The SMILES string of the molecule is CSc1ccc(C2(O)CC2)cc1Cl. The van der Waals surface area contributed by atoms with E-state index in [1.165, 1.54) is 0 Å². The van der Waals surface area contributed by atoms with Crippen LogP contribution in [-0.4, -0.2) is 11.4 Å². The van der Waals surface area contributed by atoms with Gasteiger partial charge in [0.2, 0.25) is 0 Å². The van der Waals surface area contributed by atoms with Crippen LogP contribution < -0.4 is 0 Å². The molecule has 1 aromatic carbocycles. The molecule has 70 valence electrons. The van der Waals surface area contributed by atoms with Crippen molar-refractivity contribution in [2.45, 2.75) is 23.3 Å². The van der Waals surface area contributed by atoms with Gasteiger partial charge in [-0.25, -0.2) is 0 Å². The maximum Gasteiger partial charge on any atom is 0.0899 e. The van der Waals surface area contributed by atoms with Crippen molar-refractivity contribution in [1.82, 2.24) is 0 Å². The van der Waals surface area contributed by atoms with E-state index < -0.39 is 5.60 Å². The maximum atomic E-state index is 9.82. The summed E-state index contributed by atoms with van der Waals surface area (Å²) in [5, 5.41) is 10.6. The highest BCUT2D eigenvalue weighted by Crippen LogP contribution is 2.46. The molecule has 0 saturated heterocycles. The number of hydrogen-bond acceptors (Lipinski definition) is 2. The molecule has 1 aliphatic carbocycles. The first-order valence-electron chi connectivity index (χ1n) is 4.22. The van der Waals surface area contributed by atoms with E-state index in [2.05, 4.69) is 0 Å². The van der Waals surface area contributed by atoms with Crippen molar-refractivity contribution in [1.29, 1.82) is 0 Å². The molecule has 0 radical (unpaired) electrons. The highest BCUT2D eigenvalue weighted by atomic mass is 35.5. The highest BCUT2D eigenvalue weighted by Gasteiger charge is 2.42. The largest absolute Gasteiger partial charge is 0.385 e. The number of hydrogen-bond donors (Lipinski definition) is 1. The third-order valence-electron chi connectivity index (χ3n) is 2.41. The zero-order valence-corrected chi connectivity index (χ0v) is 8.95. The van der Waals surface area contributed by atoms with Gasteiger partial charge in [0.1, 0.15) is 0 Å². The Morgan fingerprint density at radius 1 is 1.46 bits per heavy atom. The Kier molecular flexibility index (Phi) is 2.30. The summed E-state index contributed by atoms with van der Waals surface area (Å²) in [5.74, 6) is 0. The van der Waals surface area contributed by atoms with Crippen molar-refractivity contribution >= 4 is 23.4 Å². The molecule has 0 bridgehead atoms. The van der Waals surface area contributed by atoms with Crippen molar-refractivity contribution in [3.8, 4) is 0 Å². The Balaban J connectivity index is 2.36. The second kappa shape index (κ2) is 3.19. The van der Waals surface area contributed by atoms with Gasteiger partial charge in [0.05, 0.1) is 10.6 Å². The average molecular weight is 215 g/mol. The minimum absolute atomic E-state index is 0.569. The first-order valence-corrected chi connectivity index (χ1v) is 5.82. The van der Waals surface area contributed by atoms with Crippen molar-refractivity contribution < 1.29 is 5.11 Å². The third kappa shape index (κ3) is 1.71. The molecule has 2 rings (SSSR count). The second-order valence-corrected chi connectivity index (χ2v) is 4.64. The molecule has 3 heteroatoms. The van der Waals surface area contributed by atoms with Crippen molar-refractivity contribution in [3.05, 3.63) is 28.8 Å². The lowest BCUT2D eigenvalue weighted by Gasteiger charge is -2.09. The van der Waals surface area contributed by atoms with Gasteiger partial charge in [0, 0.05) is 4.90 Å². The Hall–Kier alpha value is -0.180. The van der Waals surface area contributed by atoms with E-state index in [1.54, 1.807) is 11.8 Å². The van der Waals surface area contributed by atoms with Gasteiger partial charge in [-0.2, -0.15) is 0 Å². The zero-order chi connectivity index (χ0) is 9.47. The van der Waals surface area contributed by atoms with E-state index in [-0.39, 0.29) is 0 Å². The van der Waals surface area contributed by atoms with E-state index in [0.29, 0.717) is 0 Å². The summed E-state index contributed by atoms with van der Waals surface area (Å²) in [6.45, 7) is 0. The monoisotopic (exact) mass is 214 g/mol. The molecule has 0 aliphatic heterocycles. The predicted molar refractivity (Wildman–Crippen MR) is 56.4 cm³/mol. The van der Waals surface area contributed by atoms with Crippen LogP contribution in [0.1, 0.15) is 18.4 Å². The van der Waals surface area contributed by atoms with Crippen molar-refractivity contribution in [2.24, 2.45) is 0 Å². The first-order chi connectivity index (χ1) is 6.15. The molecule has 0 spiro atoms. The summed E-state index contributed by atoms with van der Waals surface area (Å²) in [6.07, 6.45) is 3.72. The lowest BCUT2D eigenvalue weighted by atomic mass is 10.1. The molecule has 0 aromatic heterocycles. The van der Waals surface area contributed by atoms with Crippen LogP contribution in [-0.2, 0) is 5.60 Å². The van der Waals surface area contributed by atoms with E-state index >= 15 is 0 Å². The lowest BCUT2D eigenvalue weighted by molar-refractivity contribution is 0.151. The van der Waals surface area contributed by atoms with Gasteiger partial charge in [-0.05, 0) is 36.8 Å². The number of benzene rings is 1. The van der Waals surface area contributed by atoms with Gasteiger partial charge in [-0.15, -0.1) is 11.8 Å². The summed E-state index contributed by atoms with van der Waals surface area (Å²) >= 11 is 7.65. The van der Waals surface area contributed by atoms with Crippen molar-refractivity contribution in [3.63, 3.8) is 0 Å². The Morgan fingerprint density at radius 2 is 2.15 bits per heavy atom. The van der Waals surface area contributed by atoms with Crippen molar-refractivity contribution in [2.75, 3.05) is 6.26 Å². The predicted octanol–water partition coefficient (Wildman–Crippen LogP) is 3.04. The first kappa shape index (κ1) is 9.38. The summed E-state index contributed by atoms with van der Waals surface area (Å²) in [4.78, 5) is 1.06. The molecule has 1 fully saturated rings. The van der Waals surface area contributed by atoms with Gasteiger partial charge in [0.15, 0.2) is 0 Å². The molecule has 0 amide bonds. The van der Waals surface area contributed by atoms with Crippen LogP contribution in [0.5, 0.6) is 0 Å². The van der Waals surface area contributed by atoms with Crippen LogP contribution in [0.4, 0.5) is 0 Å². The molecular formula is C10H11ClOS. The van der Waals surface area contributed by atoms with E-state index in [1.807, 2.05) is 24.5 Å². The van der Waals surface area contributed by atoms with Crippen LogP contribution in [0.25, 0.3) is 0 Å². The van der Waals surface area contributed by atoms with Crippen LogP contribution >= 0.6 is 23.4 Å². The molecule has 0 unspecified atom stereocenters. The van der Waals surface area contributed by atoms with Gasteiger partial charge in [0.25, 0.3) is 0 Å². The molecule has 1 aliphatic rings. The summed E-state index contributed by atoms with van der Waals surface area (Å²) in [5.41, 5.74) is 0.385. The minimum Gasteiger partial charge on any atom is -0.385 e. The molecule has 1 nitrogen and oxygen atoms in total. The van der Waals surface area contributed by atoms with E-state index in [4.69, 9.17) is 11.6 Å². The Morgan fingerprint density at radius 3 is 2.62 bits per heavy atom. The van der Waals surface area contributed by atoms with Gasteiger partial charge >= 0.3 is 0 Å². The van der Waals surface area contributed by atoms with Crippen LogP contribution in [0.15, 0.2) is 23.1 Å². The molecule has 1 N–H and O–H groups in total. The molecule has 13 heavy (non-hydrogen) atoms. The summed E-state index contributed by atoms with van der Waals surface area (Å²) < 4.78 is 0. The van der Waals surface area contributed by atoms with E-state index in [0.717, 1.165) is 28.3 Å². The molecular weight excluding hydrogens is 204 g/mol. The smallest absolute Gasteiger partial charge is 0.0899 e.